The zero-order valence-electron chi connectivity index (χ0n) is 42.2. The third-order valence-corrected chi connectivity index (χ3v) is 14.2. The van der Waals surface area contributed by atoms with E-state index in [-0.39, 0.29) is 0 Å². The summed E-state index contributed by atoms with van der Waals surface area (Å²) in [7, 11) is 0. The van der Waals surface area contributed by atoms with Crippen LogP contribution < -0.4 is 9.47 Å². The number of fused-ring (bicyclic) bond motifs is 18. The molecular formula is C67H54O8. The van der Waals surface area contributed by atoms with Crippen molar-refractivity contribution < 1.29 is 36.0 Å². The van der Waals surface area contributed by atoms with Crippen molar-refractivity contribution in [3.8, 4) is 11.5 Å². The molecule has 0 spiro atoms. The lowest BCUT2D eigenvalue weighted by Gasteiger charge is -2.04. The van der Waals surface area contributed by atoms with E-state index in [0.717, 1.165) is 195 Å². The second-order valence-corrected chi connectivity index (χ2v) is 19.3. The van der Waals surface area contributed by atoms with Crippen LogP contribution in [0.5, 0.6) is 11.5 Å². The van der Waals surface area contributed by atoms with E-state index < -0.39 is 0 Å². The summed E-state index contributed by atoms with van der Waals surface area (Å²) in [6.07, 6.45) is 11.0. The van der Waals surface area contributed by atoms with Gasteiger partial charge in [-0.05, 0) is 122 Å². The first-order valence-electron chi connectivity index (χ1n) is 26.2. The summed E-state index contributed by atoms with van der Waals surface area (Å²) in [6, 6.07) is 55.3. The van der Waals surface area contributed by atoms with Gasteiger partial charge in [0.1, 0.15) is 78.5 Å². The van der Waals surface area contributed by atoms with Crippen molar-refractivity contribution >= 4 is 138 Å². The van der Waals surface area contributed by atoms with Gasteiger partial charge in [0.15, 0.2) is 0 Å². The quantitative estimate of drug-likeness (QED) is 0.118. The van der Waals surface area contributed by atoms with Crippen molar-refractivity contribution in [2.45, 2.75) is 59.3 Å². The Morgan fingerprint density at radius 2 is 0.653 bits per heavy atom. The molecule has 75 heavy (non-hydrogen) atoms. The molecule has 0 aliphatic carbocycles. The number of hydrogen-bond acceptors (Lipinski definition) is 8. The molecule has 0 saturated carbocycles. The van der Waals surface area contributed by atoms with E-state index in [1.807, 2.05) is 78.9 Å². The lowest BCUT2D eigenvalue weighted by molar-refractivity contribution is 0.309. The van der Waals surface area contributed by atoms with Crippen LogP contribution in [0.2, 0.25) is 0 Å². The predicted octanol–water partition coefficient (Wildman–Crippen LogP) is 20.6. The van der Waals surface area contributed by atoms with Crippen molar-refractivity contribution in [3.63, 3.8) is 0 Å². The first kappa shape index (κ1) is 45.9. The van der Waals surface area contributed by atoms with E-state index in [2.05, 4.69) is 118 Å². The average molecular weight is 987 g/mol. The molecule has 15 aromatic rings. The number of hydrogen-bond donors (Lipinski definition) is 0. The molecule has 15 rings (SSSR count). The first-order valence-corrected chi connectivity index (χ1v) is 26.2. The molecule has 0 saturated heterocycles. The number of para-hydroxylation sites is 3. The van der Waals surface area contributed by atoms with E-state index >= 15 is 0 Å². The Bertz CT molecular complexity index is 4580. The number of furan rings is 6. The molecule has 6 heterocycles. The monoisotopic (exact) mass is 986 g/mol. The normalized spacial score (nSPS) is 12.0. The molecule has 8 heteroatoms. The van der Waals surface area contributed by atoms with Gasteiger partial charge in [0.25, 0.3) is 0 Å². The molecule has 0 N–H and O–H groups in total. The van der Waals surface area contributed by atoms with Crippen LogP contribution in [-0.2, 0) is 0 Å². The maximum Gasteiger partial charge on any atom is 0.139 e. The van der Waals surface area contributed by atoms with Crippen LogP contribution in [0.4, 0.5) is 0 Å². The summed E-state index contributed by atoms with van der Waals surface area (Å²) >= 11 is 0. The van der Waals surface area contributed by atoms with Gasteiger partial charge >= 0.3 is 0 Å². The molecule has 9 aromatic carbocycles. The Morgan fingerprint density at radius 1 is 0.307 bits per heavy atom. The van der Waals surface area contributed by atoms with E-state index in [1.165, 1.54) is 5.56 Å². The van der Waals surface area contributed by atoms with Gasteiger partial charge in [-0.2, -0.15) is 0 Å². The van der Waals surface area contributed by atoms with E-state index in [9.17, 15) is 0 Å². The largest absolute Gasteiger partial charge is 0.494 e. The highest BCUT2D eigenvalue weighted by molar-refractivity contribution is 6.17. The van der Waals surface area contributed by atoms with Crippen LogP contribution in [0.15, 0.2) is 196 Å². The molecule has 0 atom stereocenters. The number of benzene rings is 9. The van der Waals surface area contributed by atoms with Gasteiger partial charge in [0, 0.05) is 70.7 Å². The van der Waals surface area contributed by atoms with Crippen LogP contribution in [0.3, 0.4) is 0 Å². The lowest BCUT2D eigenvalue weighted by atomic mass is 10.1. The Kier molecular flexibility index (Phi) is 12.0. The SMILES string of the molecule is CCC/C=C/c1ccc2c(c1)oc1cc3c(cc12)oc1ccccc13.CCCCOc1ccc2c(c1)oc1cc3c(cc12)oc1ccccc13.CCCCOc1ccc2oc3cc4c(cc3c2c1)oc1ccccc14. The highest BCUT2D eigenvalue weighted by Crippen LogP contribution is 2.41. The standard InChI is InChI=1S/C23H18O2.2C22H18O3/c1-2-3-4-7-15-10-11-17-19-14-22-18(13-23(19)25-21(17)12-15)16-8-5-6-9-20(16)24-22;1-2-3-10-23-14-8-9-20-16(11-14)18-13-21-17(12-22(18)25-20)15-6-4-5-7-19(15)24-21;1-2-3-10-23-14-8-9-16-18-13-21-17(12-22(18)25-20(16)11-14)15-6-4-5-7-19(15)24-21/h4-14H,2-3H2,1H3;2*4-9,11-13H,2-3,10H2,1H3/b7-4+;;. The minimum absolute atomic E-state index is 0.737. The maximum atomic E-state index is 6.15. The third-order valence-electron chi connectivity index (χ3n) is 14.2. The zero-order valence-corrected chi connectivity index (χ0v) is 42.2. The Morgan fingerprint density at radius 3 is 1.12 bits per heavy atom. The minimum Gasteiger partial charge on any atom is -0.494 e. The predicted molar refractivity (Wildman–Crippen MR) is 308 cm³/mol. The summed E-state index contributed by atoms with van der Waals surface area (Å²) in [5.74, 6) is 1.74. The fourth-order valence-corrected chi connectivity index (χ4v) is 10.3. The average Bonchev–Trinajstić information content (AvgIpc) is 4.31. The molecule has 8 nitrogen and oxygen atoms in total. The summed E-state index contributed by atoms with van der Waals surface area (Å²) in [5.41, 5.74) is 11.9. The molecule has 0 aliphatic heterocycles. The Balaban J connectivity index is 0.000000108. The van der Waals surface area contributed by atoms with Crippen LogP contribution in [-0.4, -0.2) is 13.2 Å². The highest BCUT2D eigenvalue weighted by atomic mass is 16.5. The summed E-state index contributed by atoms with van der Waals surface area (Å²) in [5, 5.41) is 13.1. The maximum absolute atomic E-state index is 6.15. The van der Waals surface area contributed by atoms with Crippen LogP contribution >= 0.6 is 0 Å². The molecule has 6 aromatic heterocycles. The van der Waals surface area contributed by atoms with Crippen molar-refractivity contribution in [2.24, 2.45) is 0 Å². The summed E-state index contributed by atoms with van der Waals surface area (Å²) < 4.78 is 48.0. The molecule has 0 radical (unpaired) electrons. The number of unbranched alkanes of at least 4 members (excludes halogenated alkanes) is 3. The van der Waals surface area contributed by atoms with Gasteiger partial charge in [-0.1, -0.05) is 113 Å². The number of ether oxygens (including phenoxy) is 2. The zero-order chi connectivity index (χ0) is 50.4. The molecule has 0 unspecified atom stereocenters. The van der Waals surface area contributed by atoms with Crippen molar-refractivity contribution in [3.05, 3.63) is 175 Å². The summed E-state index contributed by atoms with van der Waals surface area (Å²) in [6.45, 7) is 7.99. The van der Waals surface area contributed by atoms with Gasteiger partial charge in [-0.15, -0.1) is 0 Å². The van der Waals surface area contributed by atoms with Gasteiger partial charge in [0.05, 0.1) is 13.2 Å². The Hall–Kier alpha value is -8.88. The fraction of sp³-hybridized carbons (Fsp3) is 0.164. The smallest absolute Gasteiger partial charge is 0.139 e. The van der Waals surface area contributed by atoms with E-state index in [1.54, 1.807) is 0 Å². The molecule has 370 valence electrons. The van der Waals surface area contributed by atoms with Gasteiger partial charge < -0.3 is 36.0 Å². The van der Waals surface area contributed by atoms with E-state index in [4.69, 9.17) is 36.0 Å². The van der Waals surface area contributed by atoms with Crippen LogP contribution in [0.25, 0.3) is 138 Å². The summed E-state index contributed by atoms with van der Waals surface area (Å²) in [4.78, 5) is 0. The van der Waals surface area contributed by atoms with E-state index in [0.29, 0.717) is 0 Å². The molecular weight excluding hydrogens is 933 g/mol. The molecule has 0 aliphatic rings. The van der Waals surface area contributed by atoms with Crippen LogP contribution in [0.1, 0.15) is 64.9 Å². The minimum atomic E-state index is 0.737. The molecule has 0 fully saturated rings. The molecule has 0 amide bonds. The van der Waals surface area contributed by atoms with Gasteiger partial charge in [-0.3, -0.25) is 0 Å². The van der Waals surface area contributed by atoms with Crippen molar-refractivity contribution in [1.29, 1.82) is 0 Å². The number of allylic oxidation sites excluding steroid dienone is 1. The van der Waals surface area contributed by atoms with Crippen LogP contribution in [0, 0.1) is 0 Å². The lowest BCUT2D eigenvalue weighted by Crippen LogP contribution is -1.95. The van der Waals surface area contributed by atoms with Crippen molar-refractivity contribution in [1.82, 2.24) is 0 Å². The highest BCUT2D eigenvalue weighted by Gasteiger charge is 2.17. The topological polar surface area (TPSA) is 97.3 Å². The van der Waals surface area contributed by atoms with Gasteiger partial charge in [-0.25, -0.2) is 0 Å². The Labute approximate surface area is 431 Å². The van der Waals surface area contributed by atoms with Crippen molar-refractivity contribution in [2.75, 3.05) is 13.2 Å². The molecule has 0 bridgehead atoms. The fourth-order valence-electron chi connectivity index (χ4n) is 10.3. The number of rotatable bonds is 11. The second-order valence-electron chi connectivity index (χ2n) is 19.3. The third kappa shape index (κ3) is 8.56. The second kappa shape index (κ2) is 19.5. The van der Waals surface area contributed by atoms with Gasteiger partial charge in [0.2, 0.25) is 0 Å². The first-order chi connectivity index (χ1) is 37.0.